The second-order valence-electron chi connectivity index (χ2n) is 1.28. The Labute approximate surface area is 45.9 Å². The van der Waals surface area contributed by atoms with Crippen molar-refractivity contribution in [1.82, 2.24) is 0 Å². The molecule has 0 aromatic rings. The molecule has 0 amide bonds. The maximum Gasteiger partial charge on any atom is 0.379 e. The van der Waals surface area contributed by atoms with Gasteiger partial charge in [-0.15, -0.1) is 0 Å². The maximum absolute atomic E-state index is 10.2. The van der Waals surface area contributed by atoms with Crippen molar-refractivity contribution in [2.24, 2.45) is 0 Å². The van der Waals surface area contributed by atoms with Crippen LogP contribution in [0.25, 0.3) is 0 Å². The standard InChI is InChI=1S/C5H3O3/c6-4-2-1-3-8-5(4)7/h1H,3H2. The molecule has 1 heterocycles. The summed E-state index contributed by atoms with van der Waals surface area (Å²) in [7, 11) is 0. The zero-order chi connectivity index (χ0) is 5.98. The molecule has 0 atom stereocenters. The van der Waals surface area contributed by atoms with Gasteiger partial charge in [0.05, 0.1) is 0 Å². The Morgan fingerprint density at radius 1 is 1.62 bits per heavy atom. The van der Waals surface area contributed by atoms with E-state index in [-0.39, 0.29) is 6.61 Å². The maximum atomic E-state index is 10.2. The molecule has 0 N–H and O–H groups in total. The minimum atomic E-state index is -0.812. The van der Waals surface area contributed by atoms with Crippen molar-refractivity contribution in [3.63, 3.8) is 0 Å². The zero-order valence-electron chi connectivity index (χ0n) is 4.01. The number of ketones is 1. The lowest BCUT2D eigenvalue weighted by molar-refractivity contribution is -0.152. The van der Waals surface area contributed by atoms with Gasteiger partial charge >= 0.3 is 5.97 Å². The monoisotopic (exact) mass is 111 g/mol. The van der Waals surface area contributed by atoms with Crippen LogP contribution in [-0.2, 0) is 14.3 Å². The fourth-order valence-corrected chi connectivity index (χ4v) is 0.376. The van der Waals surface area contributed by atoms with Crippen LogP contribution in [0.1, 0.15) is 0 Å². The van der Waals surface area contributed by atoms with E-state index in [0.717, 1.165) is 0 Å². The molecule has 0 unspecified atom stereocenters. The fraction of sp³-hybridized carbons (Fsp3) is 0.200. The van der Waals surface area contributed by atoms with E-state index in [4.69, 9.17) is 0 Å². The average Bonchev–Trinajstić information content (AvgIpc) is 1.77. The zero-order valence-corrected chi connectivity index (χ0v) is 4.01. The smallest absolute Gasteiger partial charge is 0.379 e. The van der Waals surface area contributed by atoms with Crippen LogP contribution in [0.3, 0.4) is 0 Å². The highest BCUT2D eigenvalue weighted by Crippen LogP contribution is 1.89. The average molecular weight is 111 g/mol. The van der Waals surface area contributed by atoms with Gasteiger partial charge in [-0.3, -0.25) is 4.79 Å². The summed E-state index contributed by atoms with van der Waals surface area (Å²) in [6.07, 6.45) is 3.57. The Bertz CT molecular complexity index is 157. The molecule has 0 fully saturated rings. The summed E-state index contributed by atoms with van der Waals surface area (Å²) in [6.45, 7) is 0.171. The number of rotatable bonds is 0. The summed E-state index contributed by atoms with van der Waals surface area (Å²) in [5, 5.41) is 0. The summed E-state index contributed by atoms with van der Waals surface area (Å²) in [6, 6.07) is 0. The first-order chi connectivity index (χ1) is 3.80. The number of cyclic esters (lactones) is 1. The molecule has 0 bridgehead atoms. The van der Waals surface area contributed by atoms with Crippen LogP contribution in [0.4, 0.5) is 0 Å². The van der Waals surface area contributed by atoms with E-state index < -0.39 is 11.8 Å². The molecule has 3 nitrogen and oxygen atoms in total. The van der Waals surface area contributed by atoms with Crippen LogP contribution >= 0.6 is 0 Å². The topological polar surface area (TPSA) is 43.4 Å². The van der Waals surface area contributed by atoms with E-state index in [1.165, 1.54) is 6.08 Å². The molecule has 1 radical (unpaired) electrons. The molecule has 3 heteroatoms. The molecule has 8 heavy (non-hydrogen) atoms. The minimum absolute atomic E-state index is 0.171. The summed E-state index contributed by atoms with van der Waals surface area (Å²) >= 11 is 0. The number of hydrogen-bond donors (Lipinski definition) is 0. The molecule has 0 spiro atoms. The number of carbonyl (C=O) groups excluding carboxylic acids is 2. The Morgan fingerprint density at radius 3 is 2.75 bits per heavy atom. The predicted molar refractivity (Wildman–Crippen MR) is 23.8 cm³/mol. The van der Waals surface area contributed by atoms with Crippen molar-refractivity contribution in [3.8, 4) is 0 Å². The van der Waals surface area contributed by atoms with Gasteiger partial charge in [-0.1, -0.05) is 0 Å². The molecule has 41 valence electrons. The van der Waals surface area contributed by atoms with Gasteiger partial charge in [-0.05, 0) is 6.08 Å². The largest absolute Gasteiger partial charge is 0.455 e. The number of ether oxygens (including phenoxy) is 1. The molecular weight excluding hydrogens is 108 g/mol. The second-order valence-corrected chi connectivity index (χ2v) is 1.28. The van der Waals surface area contributed by atoms with Crippen molar-refractivity contribution in [3.05, 3.63) is 12.2 Å². The highest BCUT2D eigenvalue weighted by Gasteiger charge is 2.14. The predicted octanol–water partition coefficient (Wildman–Crippen LogP) is -0.528. The van der Waals surface area contributed by atoms with Crippen molar-refractivity contribution < 1.29 is 14.3 Å². The third-order valence-electron chi connectivity index (χ3n) is 0.716. The van der Waals surface area contributed by atoms with Gasteiger partial charge in [0.25, 0.3) is 5.78 Å². The van der Waals surface area contributed by atoms with Crippen molar-refractivity contribution in [2.75, 3.05) is 6.61 Å². The first kappa shape index (κ1) is 5.03. The van der Waals surface area contributed by atoms with Crippen LogP contribution in [0.15, 0.2) is 6.08 Å². The number of carbonyl (C=O) groups is 2. The van der Waals surface area contributed by atoms with Crippen molar-refractivity contribution >= 4 is 11.8 Å². The molecule has 0 aromatic heterocycles. The van der Waals surface area contributed by atoms with Crippen LogP contribution in [-0.4, -0.2) is 18.4 Å². The highest BCUT2D eigenvalue weighted by molar-refractivity contribution is 6.37. The molecular formula is C5H3O3. The summed E-state index contributed by atoms with van der Waals surface area (Å²) in [4.78, 5) is 20.3. The van der Waals surface area contributed by atoms with Crippen LogP contribution in [0, 0.1) is 6.08 Å². The van der Waals surface area contributed by atoms with E-state index in [0.29, 0.717) is 0 Å². The van der Waals surface area contributed by atoms with Gasteiger partial charge in [0.15, 0.2) is 0 Å². The first-order valence-corrected chi connectivity index (χ1v) is 2.10. The Morgan fingerprint density at radius 2 is 2.38 bits per heavy atom. The van der Waals surface area contributed by atoms with E-state index in [9.17, 15) is 9.59 Å². The summed E-state index contributed by atoms with van der Waals surface area (Å²) < 4.78 is 4.28. The normalized spacial score (nSPS) is 18.5. The molecule has 0 aliphatic carbocycles. The van der Waals surface area contributed by atoms with Gasteiger partial charge in [0.2, 0.25) is 0 Å². The molecule has 0 saturated carbocycles. The van der Waals surface area contributed by atoms with E-state index in [2.05, 4.69) is 10.8 Å². The van der Waals surface area contributed by atoms with Crippen LogP contribution in [0.2, 0.25) is 0 Å². The van der Waals surface area contributed by atoms with Crippen molar-refractivity contribution in [2.45, 2.75) is 0 Å². The number of esters is 1. The molecule has 1 rings (SSSR count). The molecule has 1 aliphatic heterocycles. The van der Waals surface area contributed by atoms with Gasteiger partial charge in [0, 0.05) is 6.08 Å². The lowest BCUT2D eigenvalue weighted by Gasteiger charge is -2.00. The SMILES string of the molecule is O=C1[C]=CCOC1=O. The summed E-state index contributed by atoms with van der Waals surface area (Å²) in [5.41, 5.74) is 0. The van der Waals surface area contributed by atoms with E-state index in [1.807, 2.05) is 0 Å². The van der Waals surface area contributed by atoms with Crippen molar-refractivity contribution in [1.29, 1.82) is 0 Å². The molecule has 0 saturated heterocycles. The Kier molecular flexibility index (Phi) is 1.12. The fourth-order valence-electron chi connectivity index (χ4n) is 0.376. The molecule has 1 aliphatic rings. The Hall–Kier alpha value is -1.12. The lowest BCUT2D eigenvalue weighted by Crippen LogP contribution is -2.19. The second kappa shape index (κ2) is 1.78. The van der Waals surface area contributed by atoms with E-state index >= 15 is 0 Å². The number of Topliss-reactive ketones (excluding diaryl/α,β-unsaturated/α-hetero) is 1. The summed E-state index contributed by atoms with van der Waals surface area (Å²) in [5.74, 6) is -1.51. The quantitative estimate of drug-likeness (QED) is 0.312. The van der Waals surface area contributed by atoms with Crippen LogP contribution in [0.5, 0.6) is 0 Å². The van der Waals surface area contributed by atoms with E-state index in [1.54, 1.807) is 0 Å². The van der Waals surface area contributed by atoms with Gasteiger partial charge in [0.1, 0.15) is 6.61 Å². The highest BCUT2D eigenvalue weighted by atomic mass is 16.5. The first-order valence-electron chi connectivity index (χ1n) is 2.10. The van der Waals surface area contributed by atoms with Gasteiger partial charge in [-0.25, -0.2) is 4.79 Å². The third-order valence-corrected chi connectivity index (χ3v) is 0.716. The lowest BCUT2D eigenvalue weighted by atomic mass is 10.3. The third kappa shape index (κ3) is 0.753. The minimum Gasteiger partial charge on any atom is -0.455 e. The van der Waals surface area contributed by atoms with Gasteiger partial charge in [-0.2, -0.15) is 0 Å². The Balaban J connectivity index is 2.75. The van der Waals surface area contributed by atoms with Gasteiger partial charge < -0.3 is 4.74 Å². The van der Waals surface area contributed by atoms with Crippen LogP contribution < -0.4 is 0 Å². The molecule has 0 aromatic carbocycles. The number of hydrogen-bond acceptors (Lipinski definition) is 3.